The zero-order chi connectivity index (χ0) is 14.8. The summed E-state index contributed by atoms with van der Waals surface area (Å²) in [7, 11) is 0.264. The van der Waals surface area contributed by atoms with Gasteiger partial charge in [0.15, 0.2) is 11.0 Å². The average Bonchev–Trinajstić information content (AvgIpc) is 2.67. The molecular formula is C15H16N2O3S. The predicted octanol–water partition coefficient (Wildman–Crippen LogP) is 2.20. The molecule has 0 saturated carbocycles. The summed E-state index contributed by atoms with van der Waals surface area (Å²) in [5.74, 6) is 1.39. The van der Waals surface area contributed by atoms with Gasteiger partial charge in [0.1, 0.15) is 23.0 Å². The van der Waals surface area contributed by atoms with E-state index in [1.165, 1.54) is 0 Å². The Morgan fingerprint density at radius 1 is 1.24 bits per heavy atom. The van der Waals surface area contributed by atoms with Gasteiger partial charge in [0.25, 0.3) is 0 Å². The number of hydrogen-bond donors (Lipinski definition) is 1. The number of ether oxygens (including phenoxy) is 2. The number of methoxy groups -OCH3 is 1. The maximum atomic E-state index is 12.8. The second-order valence-corrected chi connectivity index (χ2v) is 5.98. The smallest absolute Gasteiger partial charge is 0.156 e. The molecule has 0 saturated heterocycles. The lowest BCUT2D eigenvalue weighted by atomic mass is 10.3. The Hall–Kier alpha value is -2.21. The molecule has 0 radical (unpaired) electrons. The van der Waals surface area contributed by atoms with Crippen LogP contribution in [0.1, 0.15) is 0 Å². The van der Waals surface area contributed by atoms with Gasteiger partial charge >= 0.3 is 0 Å². The summed E-state index contributed by atoms with van der Waals surface area (Å²) >= 11 is 0. The maximum absolute atomic E-state index is 12.8. The van der Waals surface area contributed by atoms with E-state index in [1.807, 2.05) is 24.3 Å². The Morgan fingerprint density at radius 2 is 2.00 bits per heavy atom. The SMILES string of the molecule is COc1ccc(N2CCOc3ccc(N)cc3S2=O)cc1. The molecule has 1 aliphatic rings. The van der Waals surface area contributed by atoms with E-state index in [2.05, 4.69) is 0 Å². The van der Waals surface area contributed by atoms with Crippen molar-refractivity contribution in [2.45, 2.75) is 4.90 Å². The number of benzene rings is 2. The molecule has 6 heteroatoms. The number of fused-ring (bicyclic) bond motifs is 1. The Kier molecular flexibility index (Phi) is 3.70. The molecule has 0 spiro atoms. The Morgan fingerprint density at radius 3 is 2.71 bits per heavy atom. The fourth-order valence-electron chi connectivity index (χ4n) is 2.19. The van der Waals surface area contributed by atoms with Crippen molar-refractivity contribution >= 4 is 22.4 Å². The van der Waals surface area contributed by atoms with Gasteiger partial charge in [-0.1, -0.05) is 0 Å². The van der Waals surface area contributed by atoms with Crippen molar-refractivity contribution in [1.82, 2.24) is 0 Å². The van der Waals surface area contributed by atoms with Crippen LogP contribution in [0.3, 0.4) is 0 Å². The summed E-state index contributed by atoms with van der Waals surface area (Å²) in [6.07, 6.45) is 0. The molecule has 2 aromatic carbocycles. The van der Waals surface area contributed by atoms with Gasteiger partial charge in [-0.25, -0.2) is 4.21 Å². The molecule has 3 rings (SSSR count). The minimum Gasteiger partial charge on any atom is -0.497 e. The van der Waals surface area contributed by atoms with E-state index in [0.29, 0.717) is 29.5 Å². The minimum atomic E-state index is -1.35. The van der Waals surface area contributed by atoms with Crippen LogP contribution in [0.25, 0.3) is 0 Å². The van der Waals surface area contributed by atoms with Crippen molar-refractivity contribution in [1.29, 1.82) is 0 Å². The van der Waals surface area contributed by atoms with Crippen molar-refractivity contribution in [3.8, 4) is 11.5 Å². The molecular weight excluding hydrogens is 288 g/mol. The van der Waals surface area contributed by atoms with Crippen molar-refractivity contribution in [3.63, 3.8) is 0 Å². The van der Waals surface area contributed by atoms with E-state index in [9.17, 15) is 4.21 Å². The van der Waals surface area contributed by atoms with Crippen LogP contribution in [0, 0.1) is 0 Å². The van der Waals surface area contributed by atoms with Gasteiger partial charge in [-0.2, -0.15) is 0 Å². The fraction of sp³-hybridized carbons (Fsp3) is 0.200. The highest BCUT2D eigenvalue weighted by molar-refractivity contribution is 7.86. The topological polar surface area (TPSA) is 64.8 Å². The first kappa shape index (κ1) is 13.8. The first-order valence-electron chi connectivity index (χ1n) is 6.55. The Labute approximate surface area is 125 Å². The third-order valence-corrected chi connectivity index (χ3v) is 4.76. The summed E-state index contributed by atoms with van der Waals surface area (Å²) in [5.41, 5.74) is 7.22. The predicted molar refractivity (Wildman–Crippen MR) is 83.1 cm³/mol. The number of rotatable bonds is 2. The number of anilines is 2. The van der Waals surface area contributed by atoms with Crippen molar-refractivity contribution < 1.29 is 13.7 Å². The summed E-state index contributed by atoms with van der Waals surface area (Å²) < 4.78 is 25.4. The Bertz CT molecular complexity index is 673. The van der Waals surface area contributed by atoms with Crippen molar-refractivity contribution in [2.75, 3.05) is 30.3 Å². The summed E-state index contributed by atoms with van der Waals surface area (Å²) in [4.78, 5) is 0.600. The molecule has 1 unspecified atom stereocenters. The molecule has 0 fully saturated rings. The van der Waals surface area contributed by atoms with Gasteiger partial charge in [0.2, 0.25) is 0 Å². The minimum absolute atomic E-state index is 0.467. The second-order valence-electron chi connectivity index (χ2n) is 4.60. The second kappa shape index (κ2) is 5.65. The van der Waals surface area contributed by atoms with E-state index in [0.717, 1.165) is 11.4 Å². The van der Waals surface area contributed by atoms with Crippen LogP contribution in [0.4, 0.5) is 11.4 Å². The molecule has 0 aliphatic carbocycles. The van der Waals surface area contributed by atoms with Crippen LogP contribution in [-0.2, 0) is 11.0 Å². The van der Waals surface area contributed by atoms with Crippen LogP contribution in [-0.4, -0.2) is 24.5 Å². The molecule has 1 aliphatic heterocycles. The molecule has 0 amide bonds. The third kappa shape index (κ3) is 2.67. The van der Waals surface area contributed by atoms with Crippen LogP contribution >= 0.6 is 0 Å². The first-order chi connectivity index (χ1) is 10.2. The fourth-order valence-corrected chi connectivity index (χ4v) is 3.52. The lowest BCUT2D eigenvalue weighted by molar-refractivity contribution is 0.325. The quantitative estimate of drug-likeness (QED) is 0.864. The monoisotopic (exact) mass is 304 g/mol. The summed E-state index contributed by atoms with van der Waals surface area (Å²) in [5, 5.41) is 0. The molecule has 2 aromatic rings. The normalized spacial score (nSPS) is 17.6. The largest absolute Gasteiger partial charge is 0.497 e. The molecule has 5 nitrogen and oxygen atoms in total. The third-order valence-electron chi connectivity index (χ3n) is 3.27. The lowest BCUT2D eigenvalue weighted by Gasteiger charge is -2.20. The molecule has 110 valence electrons. The zero-order valence-electron chi connectivity index (χ0n) is 11.6. The standard InChI is InChI=1S/C15H16N2O3S/c1-19-13-5-3-12(4-6-13)17-8-9-20-14-7-2-11(16)10-15(14)21(17)18/h2-7,10H,8-9,16H2,1H3. The number of nitrogens with two attached hydrogens (primary N) is 1. The average molecular weight is 304 g/mol. The number of hydrogen-bond acceptors (Lipinski definition) is 4. The van der Waals surface area contributed by atoms with Crippen molar-refractivity contribution in [2.24, 2.45) is 0 Å². The number of nitrogens with zero attached hydrogens (tertiary/aromatic N) is 1. The zero-order valence-corrected chi connectivity index (χ0v) is 12.4. The molecule has 21 heavy (non-hydrogen) atoms. The van der Waals surface area contributed by atoms with Gasteiger partial charge in [-0.05, 0) is 42.5 Å². The summed E-state index contributed by atoms with van der Waals surface area (Å²) in [6.45, 7) is 1.00. The first-order valence-corrected chi connectivity index (χ1v) is 7.65. The van der Waals surface area contributed by atoms with Crippen molar-refractivity contribution in [3.05, 3.63) is 42.5 Å². The number of nitrogen functional groups attached to an aromatic ring is 1. The molecule has 2 N–H and O–H groups in total. The van der Waals surface area contributed by atoms with Gasteiger partial charge < -0.3 is 15.2 Å². The van der Waals surface area contributed by atoms with E-state index >= 15 is 0 Å². The van der Waals surface area contributed by atoms with E-state index in [1.54, 1.807) is 29.6 Å². The van der Waals surface area contributed by atoms with Crippen LogP contribution in [0.15, 0.2) is 47.4 Å². The molecule has 0 bridgehead atoms. The van der Waals surface area contributed by atoms with Crippen LogP contribution in [0.2, 0.25) is 0 Å². The molecule has 0 aromatic heterocycles. The molecule has 1 atom stereocenters. The highest BCUT2D eigenvalue weighted by Crippen LogP contribution is 2.31. The van der Waals surface area contributed by atoms with Gasteiger partial charge in [-0.15, -0.1) is 0 Å². The summed E-state index contributed by atoms with van der Waals surface area (Å²) in [6, 6.07) is 12.7. The lowest BCUT2D eigenvalue weighted by Crippen LogP contribution is -2.27. The molecule has 1 heterocycles. The highest BCUT2D eigenvalue weighted by atomic mass is 32.2. The van der Waals surface area contributed by atoms with Gasteiger partial charge in [-0.3, -0.25) is 4.31 Å². The highest BCUT2D eigenvalue weighted by Gasteiger charge is 2.23. The van der Waals surface area contributed by atoms with Gasteiger partial charge in [0.05, 0.1) is 13.7 Å². The maximum Gasteiger partial charge on any atom is 0.156 e. The van der Waals surface area contributed by atoms with Crippen LogP contribution < -0.4 is 19.5 Å². The van der Waals surface area contributed by atoms with Crippen LogP contribution in [0.5, 0.6) is 11.5 Å². The van der Waals surface area contributed by atoms with E-state index in [-0.39, 0.29) is 0 Å². The van der Waals surface area contributed by atoms with E-state index in [4.69, 9.17) is 15.2 Å². The Balaban J connectivity index is 1.97. The van der Waals surface area contributed by atoms with E-state index < -0.39 is 11.0 Å². The van der Waals surface area contributed by atoms with Gasteiger partial charge in [0, 0.05) is 11.4 Å².